The number of aromatic nitrogens is 2. The van der Waals surface area contributed by atoms with Gasteiger partial charge in [0.2, 0.25) is 0 Å². The molecular weight excluding hydrogens is 304 g/mol. The molecular formula is C18H24N4O2. The summed E-state index contributed by atoms with van der Waals surface area (Å²) in [4.78, 5) is 22.1. The van der Waals surface area contributed by atoms with E-state index in [9.17, 15) is 4.79 Å². The number of carbonyl (C=O) groups excluding carboxylic acids is 1. The van der Waals surface area contributed by atoms with Gasteiger partial charge in [0, 0.05) is 31.4 Å². The molecule has 1 aromatic carbocycles. The third-order valence-electron chi connectivity index (χ3n) is 3.90. The number of amides is 2. The fourth-order valence-corrected chi connectivity index (χ4v) is 2.30. The molecule has 128 valence electrons. The summed E-state index contributed by atoms with van der Waals surface area (Å²) in [6.07, 6.45) is 4.89. The first-order valence-electron chi connectivity index (χ1n) is 7.81. The first-order chi connectivity index (χ1) is 11.4. The molecule has 1 N–H and O–H groups in total. The van der Waals surface area contributed by atoms with Gasteiger partial charge in [-0.25, -0.2) is 4.79 Å². The van der Waals surface area contributed by atoms with Gasteiger partial charge in [0.05, 0.1) is 25.5 Å². The standard InChI is InChI=1S/C18H24N4O2/c1-18(2,14-6-5-7-16(10-14)24-4)13-21-17(23)22(3)12-15-11-19-8-9-20-15/h5-11H,12-13H2,1-4H3,(H,21,23). The number of hydrogen-bond donors (Lipinski definition) is 1. The smallest absolute Gasteiger partial charge is 0.317 e. The highest BCUT2D eigenvalue weighted by Crippen LogP contribution is 2.25. The average Bonchev–Trinajstić information content (AvgIpc) is 2.60. The Labute approximate surface area is 142 Å². The predicted molar refractivity (Wildman–Crippen MR) is 92.9 cm³/mol. The molecule has 2 amide bonds. The van der Waals surface area contributed by atoms with Gasteiger partial charge in [-0.15, -0.1) is 0 Å². The highest BCUT2D eigenvalue weighted by molar-refractivity contribution is 5.73. The normalized spacial score (nSPS) is 11.0. The van der Waals surface area contributed by atoms with Crippen LogP contribution < -0.4 is 10.1 Å². The minimum Gasteiger partial charge on any atom is -0.497 e. The van der Waals surface area contributed by atoms with E-state index in [0.29, 0.717) is 13.1 Å². The number of hydrogen-bond acceptors (Lipinski definition) is 4. The van der Waals surface area contributed by atoms with Crippen molar-refractivity contribution in [3.63, 3.8) is 0 Å². The van der Waals surface area contributed by atoms with Crippen molar-refractivity contribution in [2.75, 3.05) is 20.7 Å². The molecule has 6 heteroatoms. The molecule has 0 aliphatic heterocycles. The molecule has 0 radical (unpaired) electrons. The van der Waals surface area contributed by atoms with Crippen molar-refractivity contribution in [3.05, 3.63) is 54.1 Å². The monoisotopic (exact) mass is 328 g/mol. The molecule has 0 spiro atoms. The van der Waals surface area contributed by atoms with Gasteiger partial charge in [0.25, 0.3) is 0 Å². The summed E-state index contributed by atoms with van der Waals surface area (Å²) in [5, 5.41) is 2.98. The predicted octanol–water partition coefficient (Wildman–Crippen LogP) is 2.60. The number of carbonyl (C=O) groups is 1. The fourth-order valence-electron chi connectivity index (χ4n) is 2.30. The molecule has 24 heavy (non-hydrogen) atoms. The first-order valence-corrected chi connectivity index (χ1v) is 7.81. The minimum absolute atomic E-state index is 0.142. The molecule has 0 atom stereocenters. The van der Waals surface area contributed by atoms with Gasteiger partial charge in [-0.3, -0.25) is 9.97 Å². The van der Waals surface area contributed by atoms with E-state index in [-0.39, 0.29) is 11.4 Å². The van der Waals surface area contributed by atoms with Crippen LogP contribution in [0.5, 0.6) is 5.75 Å². The fraction of sp³-hybridized carbons (Fsp3) is 0.389. The van der Waals surface area contributed by atoms with Crippen LogP contribution in [0.4, 0.5) is 4.79 Å². The average molecular weight is 328 g/mol. The molecule has 0 fully saturated rings. The SMILES string of the molecule is COc1cccc(C(C)(C)CNC(=O)N(C)Cc2cnccn2)c1. The Hall–Kier alpha value is -2.63. The molecule has 1 heterocycles. The van der Waals surface area contributed by atoms with E-state index < -0.39 is 0 Å². The van der Waals surface area contributed by atoms with E-state index in [4.69, 9.17) is 4.74 Å². The molecule has 0 saturated carbocycles. The van der Waals surface area contributed by atoms with Crippen molar-refractivity contribution in [2.45, 2.75) is 25.8 Å². The van der Waals surface area contributed by atoms with E-state index in [2.05, 4.69) is 29.1 Å². The molecule has 0 unspecified atom stereocenters. The second-order valence-corrected chi connectivity index (χ2v) is 6.33. The maximum atomic E-state index is 12.3. The third kappa shape index (κ3) is 4.68. The van der Waals surface area contributed by atoms with Gasteiger partial charge in [0.1, 0.15) is 5.75 Å². The van der Waals surface area contributed by atoms with Crippen LogP contribution >= 0.6 is 0 Å². The molecule has 0 saturated heterocycles. The number of methoxy groups -OCH3 is 1. The van der Waals surface area contributed by atoms with Crippen molar-refractivity contribution in [1.82, 2.24) is 20.2 Å². The third-order valence-corrected chi connectivity index (χ3v) is 3.90. The van der Waals surface area contributed by atoms with Gasteiger partial charge in [-0.05, 0) is 17.7 Å². The van der Waals surface area contributed by atoms with Gasteiger partial charge in [-0.1, -0.05) is 26.0 Å². The number of urea groups is 1. The van der Waals surface area contributed by atoms with Crippen molar-refractivity contribution < 1.29 is 9.53 Å². The summed E-state index contributed by atoms with van der Waals surface area (Å²) in [5.41, 5.74) is 1.65. The topological polar surface area (TPSA) is 67.3 Å². The van der Waals surface area contributed by atoms with Crippen LogP contribution in [0, 0.1) is 0 Å². The molecule has 0 bridgehead atoms. The van der Waals surface area contributed by atoms with Gasteiger partial charge in [0.15, 0.2) is 0 Å². The Bertz CT molecular complexity index is 674. The molecule has 0 aliphatic carbocycles. The van der Waals surface area contributed by atoms with Crippen molar-refractivity contribution in [1.29, 1.82) is 0 Å². The summed E-state index contributed by atoms with van der Waals surface area (Å²) < 4.78 is 5.27. The van der Waals surface area contributed by atoms with E-state index in [0.717, 1.165) is 17.0 Å². The molecule has 1 aromatic heterocycles. The van der Waals surface area contributed by atoms with Crippen molar-refractivity contribution >= 4 is 6.03 Å². The van der Waals surface area contributed by atoms with E-state index >= 15 is 0 Å². The quantitative estimate of drug-likeness (QED) is 0.885. The Morgan fingerprint density at radius 1 is 1.33 bits per heavy atom. The summed E-state index contributed by atoms with van der Waals surface area (Å²) >= 11 is 0. The first kappa shape index (κ1) is 17.7. The van der Waals surface area contributed by atoms with Gasteiger partial charge >= 0.3 is 6.03 Å². The zero-order chi connectivity index (χ0) is 17.6. The Morgan fingerprint density at radius 3 is 2.79 bits per heavy atom. The Kier molecular flexibility index (Phi) is 5.73. The van der Waals surface area contributed by atoms with Crippen molar-refractivity contribution in [3.8, 4) is 5.75 Å². The van der Waals surface area contributed by atoms with Crippen LogP contribution in [0.2, 0.25) is 0 Å². The van der Waals surface area contributed by atoms with Gasteiger partial charge < -0.3 is 15.0 Å². The Balaban J connectivity index is 1.94. The second kappa shape index (κ2) is 7.77. The largest absolute Gasteiger partial charge is 0.497 e. The van der Waals surface area contributed by atoms with Crippen molar-refractivity contribution in [2.24, 2.45) is 0 Å². The van der Waals surface area contributed by atoms with E-state index in [1.807, 2.05) is 24.3 Å². The number of rotatable bonds is 6. The maximum Gasteiger partial charge on any atom is 0.317 e. The zero-order valence-electron chi connectivity index (χ0n) is 14.6. The highest BCUT2D eigenvalue weighted by Gasteiger charge is 2.23. The summed E-state index contributed by atoms with van der Waals surface area (Å²) in [6, 6.07) is 7.76. The summed E-state index contributed by atoms with van der Waals surface area (Å²) in [6.45, 7) is 5.11. The van der Waals surface area contributed by atoms with Crippen LogP contribution in [0.15, 0.2) is 42.9 Å². The molecule has 2 rings (SSSR count). The lowest BCUT2D eigenvalue weighted by atomic mass is 9.84. The highest BCUT2D eigenvalue weighted by atomic mass is 16.5. The van der Waals surface area contributed by atoms with Crippen LogP contribution in [0.25, 0.3) is 0 Å². The van der Waals surface area contributed by atoms with Crippen LogP contribution in [-0.4, -0.2) is 41.6 Å². The zero-order valence-corrected chi connectivity index (χ0v) is 14.6. The minimum atomic E-state index is -0.211. The lowest BCUT2D eigenvalue weighted by Crippen LogP contribution is -2.43. The summed E-state index contributed by atoms with van der Waals surface area (Å²) in [5.74, 6) is 0.812. The number of ether oxygens (including phenoxy) is 1. The molecule has 2 aromatic rings. The van der Waals surface area contributed by atoms with Crippen LogP contribution in [-0.2, 0) is 12.0 Å². The lowest BCUT2D eigenvalue weighted by Gasteiger charge is -2.27. The second-order valence-electron chi connectivity index (χ2n) is 6.33. The van der Waals surface area contributed by atoms with Crippen LogP contribution in [0.1, 0.15) is 25.1 Å². The van der Waals surface area contributed by atoms with E-state index in [1.54, 1.807) is 37.6 Å². The van der Waals surface area contributed by atoms with E-state index in [1.165, 1.54) is 0 Å². The number of nitrogens with zero attached hydrogens (tertiary/aromatic N) is 3. The lowest BCUT2D eigenvalue weighted by molar-refractivity contribution is 0.204. The van der Waals surface area contributed by atoms with Gasteiger partial charge in [-0.2, -0.15) is 0 Å². The molecule has 0 aliphatic rings. The maximum absolute atomic E-state index is 12.3. The number of nitrogens with one attached hydrogen (secondary N) is 1. The number of benzene rings is 1. The Morgan fingerprint density at radius 2 is 2.12 bits per heavy atom. The van der Waals surface area contributed by atoms with Crippen LogP contribution in [0.3, 0.4) is 0 Å². The summed E-state index contributed by atoms with van der Waals surface area (Å²) in [7, 11) is 3.39. The molecule has 6 nitrogen and oxygen atoms in total.